The van der Waals surface area contributed by atoms with E-state index in [9.17, 15) is 0 Å². The van der Waals surface area contributed by atoms with Gasteiger partial charge in [0, 0.05) is 44.3 Å². The van der Waals surface area contributed by atoms with Gasteiger partial charge in [-0.3, -0.25) is 0 Å². The summed E-state index contributed by atoms with van der Waals surface area (Å²) in [6.45, 7) is 0. The maximum atomic E-state index is 6.23. The number of furan rings is 1. The van der Waals surface area contributed by atoms with Gasteiger partial charge in [0.1, 0.15) is 11.2 Å². The fraction of sp³-hybridized carbons (Fsp3) is 0. The quantitative estimate of drug-likeness (QED) is 0.190. The fourth-order valence-corrected chi connectivity index (χ4v) is 7.51. The van der Waals surface area contributed by atoms with Crippen LogP contribution >= 0.6 is 0 Å². The molecule has 0 atom stereocenters. The highest BCUT2D eigenvalue weighted by molar-refractivity contribution is 6.19. The molecule has 10 aromatic rings. The van der Waals surface area contributed by atoms with Gasteiger partial charge in [-0.15, -0.1) is 0 Å². The van der Waals surface area contributed by atoms with Crippen LogP contribution in [0.4, 0.5) is 17.1 Å². The lowest BCUT2D eigenvalue weighted by molar-refractivity contribution is 0.669. The highest BCUT2D eigenvalue weighted by Gasteiger charge is 2.19. The molecule has 0 radical (unpaired) electrons. The number of nitrogens with zero attached hydrogens (tertiary/aromatic N) is 2. The van der Waals surface area contributed by atoms with Crippen molar-refractivity contribution >= 4 is 71.6 Å². The van der Waals surface area contributed by atoms with Gasteiger partial charge in [0.25, 0.3) is 0 Å². The van der Waals surface area contributed by atoms with Crippen molar-refractivity contribution in [1.82, 2.24) is 4.57 Å². The molecule has 0 fully saturated rings. The maximum Gasteiger partial charge on any atom is 0.136 e. The third kappa shape index (κ3) is 4.44. The van der Waals surface area contributed by atoms with Gasteiger partial charge in [-0.05, 0) is 88.6 Å². The van der Waals surface area contributed by atoms with Crippen LogP contribution in [-0.2, 0) is 0 Å². The molecule has 0 bridgehead atoms. The van der Waals surface area contributed by atoms with Crippen molar-refractivity contribution in [3.05, 3.63) is 182 Å². The second-order valence-corrected chi connectivity index (χ2v) is 12.6. The SMILES string of the molecule is c1ccc(-c2ccc(N(c3ccc4c(ccc5oc6ccccc6c54)c3)c3ccc4c5ccccc5n(-c5ccccc5)c4c3)cc2)cc1. The largest absolute Gasteiger partial charge is 0.456 e. The summed E-state index contributed by atoms with van der Waals surface area (Å²) in [6, 6.07) is 65.0. The number of fused-ring (bicyclic) bond motifs is 8. The summed E-state index contributed by atoms with van der Waals surface area (Å²) in [6.07, 6.45) is 0. The van der Waals surface area contributed by atoms with Crippen LogP contribution in [0.5, 0.6) is 0 Å². The molecule has 0 aliphatic rings. The number of hydrogen-bond acceptors (Lipinski definition) is 2. The van der Waals surface area contributed by atoms with Crippen LogP contribution in [0.3, 0.4) is 0 Å². The molecule has 0 saturated heterocycles. The van der Waals surface area contributed by atoms with Crippen molar-refractivity contribution in [2.45, 2.75) is 0 Å². The van der Waals surface area contributed by atoms with Crippen LogP contribution in [0.25, 0.3) is 71.3 Å². The number of rotatable bonds is 5. The van der Waals surface area contributed by atoms with Crippen molar-refractivity contribution in [2.24, 2.45) is 0 Å². The number of para-hydroxylation sites is 3. The minimum absolute atomic E-state index is 0.911. The van der Waals surface area contributed by atoms with Crippen molar-refractivity contribution in [1.29, 1.82) is 0 Å². The highest BCUT2D eigenvalue weighted by atomic mass is 16.3. The summed E-state index contributed by atoms with van der Waals surface area (Å²) in [4.78, 5) is 2.37. The molecular weight excluding hydrogens is 597 g/mol. The molecule has 49 heavy (non-hydrogen) atoms. The Bertz CT molecular complexity index is 2810. The van der Waals surface area contributed by atoms with E-state index in [1.165, 1.54) is 43.7 Å². The fourth-order valence-electron chi connectivity index (χ4n) is 7.51. The lowest BCUT2D eigenvalue weighted by Crippen LogP contribution is -2.10. The van der Waals surface area contributed by atoms with E-state index in [1.54, 1.807) is 0 Å². The molecule has 0 amide bonds. The Balaban J connectivity index is 1.20. The van der Waals surface area contributed by atoms with E-state index < -0.39 is 0 Å². The first-order chi connectivity index (χ1) is 24.3. The molecule has 3 heteroatoms. The lowest BCUT2D eigenvalue weighted by Gasteiger charge is -2.26. The molecule has 0 aliphatic heterocycles. The van der Waals surface area contributed by atoms with E-state index in [4.69, 9.17) is 4.42 Å². The molecule has 8 aromatic carbocycles. The van der Waals surface area contributed by atoms with E-state index >= 15 is 0 Å². The van der Waals surface area contributed by atoms with Crippen molar-refractivity contribution in [3.8, 4) is 16.8 Å². The van der Waals surface area contributed by atoms with Crippen LogP contribution in [0, 0.1) is 0 Å². The Hall–Kier alpha value is -6.58. The van der Waals surface area contributed by atoms with E-state index in [-0.39, 0.29) is 0 Å². The molecular formula is C46H30N2O. The minimum atomic E-state index is 0.911. The summed E-state index contributed by atoms with van der Waals surface area (Å²) in [5.74, 6) is 0. The first kappa shape index (κ1) is 27.5. The van der Waals surface area contributed by atoms with Crippen LogP contribution in [-0.4, -0.2) is 4.57 Å². The highest BCUT2D eigenvalue weighted by Crippen LogP contribution is 2.42. The van der Waals surface area contributed by atoms with Gasteiger partial charge < -0.3 is 13.9 Å². The zero-order chi connectivity index (χ0) is 32.3. The molecule has 230 valence electrons. The van der Waals surface area contributed by atoms with Gasteiger partial charge in [-0.1, -0.05) is 115 Å². The average Bonchev–Trinajstić information content (AvgIpc) is 3.72. The summed E-state index contributed by atoms with van der Waals surface area (Å²) in [5, 5.41) is 7.13. The summed E-state index contributed by atoms with van der Waals surface area (Å²) in [7, 11) is 0. The van der Waals surface area contributed by atoms with Crippen molar-refractivity contribution < 1.29 is 4.42 Å². The first-order valence-corrected chi connectivity index (χ1v) is 16.7. The number of hydrogen-bond donors (Lipinski definition) is 0. The number of anilines is 3. The van der Waals surface area contributed by atoms with Crippen LogP contribution < -0.4 is 4.90 Å². The molecule has 10 rings (SSSR count). The Labute approximate surface area is 283 Å². The van der Waals surface area contributed by atoms with Crippen LogP contribution in [0.2, 0.25) is 0 Å². The molecule has 0 spiro atoms. The molecule has 0 saturated carbocycles. The molecule has 2 aromatic heterocycles. The second kappa shape index (κ2) is 11.0. The van der Waals surface area contributed by atoms with E-state index in [2.05, 4.69) is 179 Å². The molecule has 0 unspecified atom stereocenters. The van der Waals surface area contributed by atoms with Gasteiger partial charge in [0.15, 0.2) is 0 Å². The monoisotopic (exact) mass is 626 g/mol. The van der Waals surface area contributed by atoms with Gasteiger partial charge in [0.2, 0.25) is 0 Å². The van der Waals surface area contributed by atoms with Gasteiger partial charge in [-0.2, -0.15) is 0 Å². The number of aromatic nitrogens is 1. The summed E-state index contributed by atoms with van der Waals surface area (Å²) >= 11 is 0. The Morgan fingerprint density at radius 1 is 0.388 bits per heavy atom. The minimum Gasteiger partial charge on any atom is -0.456 e. The standard InChI is InChI=1S/C46H30N2O/c1-3-11-31(12-4-1)32-19-22-35(23-20-32)47(36-24-26-38-33(29-36)21-28-45-46(38)41-16-8-10-18-44(41)49-45)37-25-27-40-39-15-7-9-17-42(39)48(43(40)30-37)34-13-5-2-6-14-34/h1-30H. The molecule has 3 nitrogen and oxygen atoms in total. The third-order valence-corrected chi connectivity index (χ3v) is 9.76. The summed E-state index contributed by atoms with van der Waals surface area (Å²) < 4.78 is 8.61. The summed E-state index contributed by atoms with van der Waals surface area (Å²) in [5.41, 5.74) is 11.0. The van der Waals surface area contributed by atoms with Crippen molar-refractivity contribution in [3.63, 3.8) is 0 Å². The maximum absolute atomic E-state index is 6.23. The lowest BCUT2D eigenvalue weighted by atomic mass is 10.0. The molecule has 0 N–H and O–H groups in total. The van der Waals surface area contributed by atoms with Gasteiger partial charge >= 0.3 is 0 Å². The van der Waals surface area contributed by atoms with Crippen molar-refractivity contribution in [2.75, 3.05) is 4.90 Å². The normalized spacial score (nSPS) is 11.7. The molecule has 0 aliphatic carbocycles. The number of benzene rings is 8. The van der Waals surface area contributed by atoms with Gasteiger partial charge in [0.05, 0.1) is 11.0 Å². The first-order valence-electron chi connectivity index (χ1n) is 16.7. The average molecular weight is 627 g/mol. The zero-order valence-corrected chi connectivity index (χ0v) is 26.6. The van der Waals surface area contributed by atoms with Crippen LogP contribution in [0.1, 0.15) is 0 Å². The third-order valence-electron chi connectivity index (χ3n) is 9.76. The van der Waals surface area contributed by atoms with E-state index in [0.29, 0.717) is 0 Å². The Morgan fingerprint density at radius 2 is 1.00 bits per heavy atom. The predicted molar refractivity (Wildman–Crippen MR) is 206 cm³/mol. The Morgan fingerprint density at radius 3 is 1.82 bits per heavy atom. The van der Waals surface area contributed by atoms with Crippen LogP contribution in [0.15, 0.2) is 186 Å². The topological polar surface area (TPSA) is 21.3 Å². The predicted octanol–water partition coefficient (Wildman–Crippen LogP) is 13.0. The molecule has 2 heterocycles. The van der Waals surface area contributed by atoms with E-state index in [0.717, 1.165) is 44.7 Å². The smallest absolute Gasteiger partial charge is 0.136 e. The zero-order valence-electron chi connectivity index (χ0n) is 26.6. The second-order valence-electron chi connectivity index (χ2n) is 12.6. The van der Waals surface area contributed by atoms with E-state index in [1.807, 2.05) is 12.1 Å². The van der Waals surface area contributed by atoms with Gasteiger partial charge in [-0.25, -0.2) is 0 Å². The Kier molecular flexibility index (Phi) is 6.18.